The molecule has 0 radical (unpaired) electrons. The summed E-state index contributed by atoms with van der Waals surface area (Å²) in [5, 5.41) is 4.16. The van der Waals surface area contributed by atoms with E-state index in [1.165, 1.54) is 0 Å². The molecule has 1 amide bonds. The van der Waals surface area contributed by atoms with Gasteiger partial charge in [-0.25, -0.2) is 0 Å². The van der Waals surface area contributed by atoms with Crippen molar-refractivity contribution >= 4 is 40.9 Å². The van der Waals surface area contributed by atoms with Crippen LogP contribution in [0.1, 0.15) is 5.56 Å². The zero-order chi connectivity index (χ0) is 17.6. The maximum Gasteiger partial charge on any atom is 0.264 e. The van der Waals surface area contributed by atoms with Crippen molar-refractivity contribution in [3.05, 3.63) is 58.1 Å². The Morgan fingerprint density at radius 3 is 2.80 bits per heavy atom. The minimum atomic E-state index is -0.620. The molecule has 0 saturated carbocycles. The van der Waals surface area contributed by atoms with E-state index in [4.69, 9.17) is 32.7 Å². The number of carbonyl (C=O) groups is 1. The number of hydrogen-bond acceptors (Lipinski definition) is 4. The topological polar surface area (TPSA) is 47.6 Å². The smallest absolute Gasteiger partial charge is 0.264 e. The predicted octanol–water partition coefficient (Wildman–Crippen LogP) is 4.18. The van der Waals surface area contributed by atoms with Gasteiger partial charge in [0.25, 0.3) is 5.91 Å². The van der Waals surface area contributed by atoms with E-state index in [0.717, 1.165) is 17.1 Å². The fourth-order valence-electron chi connectivity index (χ4n) is 2.33. The highest BCUT2D eigenvalue weighted by atomic mass is 35.5. The summed E-state index contributed by atoms with van der Waals surface area (Å²) in [4.78, 5) is 12.2. The largest absolute Gasteiger partial charge is 0.485 e. The van der Waals surface area contributed by atoms with Gasteiger partial charge in [0, 0.05) is 28.1 Å². The highest BCUT2D eigenvalue weighted by Crippen LogP contribution is 2.30. The predicted molar refractivity (Wildman–Crippen MR) is 102 cm³/mol. The molecule has 2 aromatic rings. The van der Waals surface area contributed by atoms with E-state index in [0.29, 0.717) is 28.1 Å². The summed E-state index contributed by atoms with van der Waals surface area (Å²) < 4.78 is 11.2. The van der Waals surface area contributed by atoms with Crippen molar-refractivity contribution in [2.45, 2.75) is 11.9 Å². The molecule has 132 valence electrons. The Labute approximate surface area is 160 Å². The lowest BCUT2D eigenvalue weighted by atomic mass is 10.2. The fourth-order valence-corrected chi connectivity index (χ4v) is 3.75. The Morgan fingerprint density at radius 1 is 1.20 bits per heavy atom. The van der Waals surface area contributed by atoms with Crippen molar-refractivity contribution in [3.8, 4) is 11.5 Å². The van der Waals surface area contributed by atoms with Gasteiger partial charge in [0.2, 0.25) is 6.10 Å². The van der Waals surface area contributed by atoms with Gasteiger partial charge in [0.15, 0.2) is 11.5 Å². The van der Waals surface area contributed by atoms with E-state index in [1.807, 2.05) is 30.3 Å². The minimum Gasteiger partial charge on any atom is -0.485 e. The van der Waals surface area contributed by atoms with Crippen molar-refractivity contribution in [3.63, 3.8) is 0 Å². The number of rotatable bonds is 6. The molecular formula is C18H17Cl2NO3S. The van der Waals surface area contributed by atoms with Crippen molar-refractivity contribution in [1.82, 2.24) is 5.32 Å². The lowest BCUT2D eigenvalue weighted by molar-refractivity contribution is -0.130. The summed E-state index contributed by atoms with van der Waals surface area (Å²) in [6.07, 6.45) is -0.620. The number of amides is 1. The number of benzene rings is 2. The van der Waals surface area contributed by atoms with Crippen molar-refractivity contribution in [2.75, 3.05) is 18.9 Å². The molecule has 0 aliphatic carbocycles. The summed E-state index contributed by atoms with van der Waals surface area (Å²) >= 11 is 13.7. The summed E-state index contributed by atoms with van der Waals surface area (Å²) in [5.41, 5.74) is 1.03. The Bertz CT molecular complexity index is 757. The van der Waals surface area contributed by atoms with Crippen LogP contribution in [0.3, 0.4) is 0 Å². The van der Waals surface area contributed by atoms with Crippen molar-refractivity contribution in [2.24, 2.45) is 0 Å². The average Bonchev–Trinajstić information content (AvgIpc) is 2.62. The normalized spacial score (nSPS) is 15.7. The van der Waals surface area contributed by atoms with Gasteiger partial charge in [-0.1, -0.05) is 41.4 Å². The third-order valence-electron chi connectivity index (χ3n) is 3.62. The van der Waals surface area contributed by atoms with Crippen LogP contribution < -0.4 is 14.8 Å². The van der Waals surface area contributed by atoms with E-state index >= 15 is 0 Å². The monoisotopic (exact) mass is 397 g/mol. The van der Waals surface area contributed by atoms with Crippen LogP contribution >= 0.6 is 35.0 Å². The summed E-state index contributed by atoms with van der Waals surface area (Å²) in [6.45, 7) is 0.770. The van der Waals surface area contributed by atoms with Crippen LogP contribution in [-0.4, -0.2) is 30.9 Å². The number of nitrogens with one attached hydrogen (secondary N) is 1. The van der Waals surface area contributed by atoms with Gasteiger partial charge in [-0.15, -0.1) is 0 Å². The number of fused-ring (bicyclic) bond motifs is 1. The Kier molecular flexibility index (Phi) is 6.34. The van der Waals surface area contributed by atoms with Crippen LogP contribution in [-0.2, 0) is 10.5 Å². The molecule has 1 heterocycles. The maximum absolute atomic E-state index is 12.2. The summed E-state index contributed by atoms with van der Waals surface area (Å²) in [7, 11) is 0. The van der Waals surface area contributed by atoms with Crippen LogP contribution in [0, 0.1) is 0 Å². The van der Waals surface area contributed by atoms with Gasteiger partial charge < -0.3 is 14.8 Å². The molecule has 0 unspecified atom stereocenters. The number of ether oxygens (including phenoxy) is 2. The van der Waals surface area contributed by atoms with Crippen molar-refractivity contribution in [1.29, 1.82) is 0 Å². The molecule has 2 aromatic carbocycles. The Hall–Kier alpha value is -1.56. The van der Waals surface area contributed by atoms with Crippen LogP contribution in [0.25, 0.3) is 0 Å². The molecule has 25 heavy (non-hydrogen) atoms. The second-order valence-corrected chi connectivity index (χ2v) is 7.39. The van der Waals surface area contributed by atoms with Crippen LogP contribution in [0.5, 0.6) is 11.5 Å². The first-order valence-electron chi connectivity index (χ1n) is 7.81. The quantitative estimate of drug-likeness (QED) is 0.742. The highest BCUT2D eigenvalue weighted by molar-refractivity contribution is 7.98. The average molecular weight is 398 g/mol. The maximum atomic E-state index is 12.2. The third-order valence-corrected chi connectivity index (χ3v) is 5.21. The molecule has 0 spiro atoms. The first-order chi connectivity index (χ1) is 12.1. The number of carbonyl (C=O) groups excluding carboxylic acids is 1. The van der Waals surface area contributed by atoms with E-state index in [-0.39, 0.29) is 12.5 Å². The minimum absolute atomic E-state index is 0.167. The second-order valence-electron chi connectivity index (χ2n) is 5.44. The van der Waals surface area contributed by atoms with Gasteiger partial charge in [-0.3, -0.25) is 4.79 Å². The first-order valence-corrected chi connectivity index (χ1v) is 9.72. The number of halogens is 2. The molecule has 3 rings (SSSR count). The van der Waals surface area contributed by atoms with Crippen LogP contribution in [0.15, 0.2) is 42.5 Å². The number of para-hydroxylation sites is 2. The van der Waals surface area contributed by atoms with Gasteiger partial charge >= 0.3 is 0 Å². The molecule has 0 aromatic heterocycles. The standard InChI is InChI=1S/C18H17Cl2NO3S/c19-13-6-5-12(14(20)9-13)11-25-8-7-21-18(22)17-10-23-15-3-1-2-4-16(15)24-17/h1-6,9,17H,7-8,10-11H2,(H,21,22)/t17-/m0/s1. The first kappa shape index (κ1) is 18.2. The summed E-state index contributed by atoms with van der Waals surface area (Å²) in [5.74, 6) is 2.64. The Balaban J connectivity index is 1.38. The molecule has 7 heteroatoms. The van der Waals surface area contributed by atoms with E-state index in [2.05, 4.69) is 5.32 Å². The van der Waals surface area contributed by atoms with E-state index in [9.17, 15) is 4.79 Å². The molecule has 0 bridgehead atoms. The van der Waals surface area contributed by atoms with Gasteiger partial charge in [-0.2, -0.15) is 11.8 Å². The molecular weight excluding hydrogens is 381 g/mol. The molecule has 0 saturated heterocycles. The van der Waals surface area contributed by atoms with Crippen molar-refractivity contribution < 1.29 is 14.3 Å². The highest BCUT2D eigenvalue weighted by Gasteiger charge is 2.26. The molecule has 1 aliphatic rings. The van der Waals surface area contributed by atoms with Gasteiger partial charge in [-0.05, 0) is 29.8 Å². The van der Waals surface area contributed by atoms with E-state index in [1.54, 1.807) is 23.9 Å². The summed E-state index contributed by atoms with van der Waals surface area (Å²) in [6, 6.07) is 12.8. The number of hydrogen-bond donors (Lipinski definition) is 1. The second kappa shape index (κ2) is 8.70. The fraction of sp³-hybridized carbons (Fsp3) is 0.278. The lowest BCUT2D eigenvalue weighted by Gasteiger charge is -2.25. The van der Waals surface area contributed by atoms with Crippen LogP contribution in [0.4, 0.5) is 0 Å². The SMILES string of the molecule is O=C(NCCSCc1ccc(Cl)cc1Cl)[C@@H]1COc2ccccc2O1. The zero-order valence-electron chi connectivity index (χ0n) is 13.3. The molecule has 1 atom stereocenters. The molecule has 1 aliphatic heterocycles. The third kappa shape index (κ3) is 4.97. The zero-order valence-corrected chi connectivity index (χ0v) is 15.7. The molecule has 1 N–H and O–H groups in total. The molecule has 0 fully saturated rings. The van der Waals surface area contributed by atoms with Crippen LogP contribution in [0.2, 0.25) is 10.0 Å². The van der Waals surface area contributed by atoms with Gasteiger partial charge in [0.1, 0.15) is 6.61 Å². The van der Waals surface area contributed by atoms with E-state index < -0.39 is 6.10 Å². The molecule has 4 nitrogen and oxygen atoms in total. The van der Waals surface area contributed by atoms with Gasteiger partial charge in [0.05, 0.1) is 0 Å². The lowest BCUT2D eigenvalue weighted by Crippen LogP contribution is -2.44. The number of thioether (sulfide) groups is 1. The Morgan fingerprint density at radius 2 is 2.00 bits per heavy atom.